The largest absolute Gasteiger partial charge is 0.488 e. The number of hydrogen-bond acceptors (Lipinski definition) is 3. The minimum Gasteiger partial charge on any atom is -0.488 e. The van der Waals surface area contributed by atoms with Crippen LogP contribution in [0, 0.1) is 5.92 Å². The van der Waals surface area contributed by atoms with Gasteiger partial charge in [0.05, 0.1) is 0 Å². The van der Waals surface area contributed by atoms with Crippen LogP contribution >= 0.6 is 0 Å². The van der Waals surface area contributed by atoms with Crippen LogP contribution in [-0.4, -0.2) is 41.9 Å². The number of carbonyl (C=O) groups is 2. The molecular weight excluding hydrogens is 328 g/mol. The molecule has 0 radical (unpaired) electrons. The van der Waals surface area contributed by atoms with Gasteiger partial charge in [-0.25, -0.2) is 0 Å². The molecular formula is C21H28N2O3. The van der Waals surface area contributed by atoms with E-state index in [0.717, 1.165) is 12.2 Å². The molecule has 3 rings (SSSR count). The summed E-state index contributed by atoms with van der Waals surface area (Å²) in [5.41, 5.74) is 0.929. The Morgan fingerprint density at radius 2 is 2.00 bits per heavy atom. The number of para-hydroxylation sites is 1. The van der Waals surface area contributed by atoms with Crippen molar-refractivity contribution in [2.75, 3.05) is 19.6 Å². The van der Waals surface area contributed by atoms with Crippen molar-refractivity contribution in [3.05, 3.63) is 42.5 Å². The highest BCUT2D eigenvalue weighted by molar-refractivity contribution is 5.87. The fourth-order valence-corrected chi connectivity index (χ4v) is 3.99. The fourth-order valence-electron chi connectivity index (χ4n) is 3.99. The highest BCUT2D eigenvalue weighted by Crippen LogP contribution is 2.40. The topological polar surface area (TPSA) is 58.6 Å². The van der Waals surface area contributed by atoms with E-state index < -0.39 is 0 Å². The number of likely N-dealkylation sites (tertiary alicyclic amines) is 1. The number of fused-ring (bicyclic) bond motifs is 1. The number of nitrogens with one attached hydrogen (secondary N) is 1. The predicted octanol–water partition coefficient (Wildman–Crippen LogP) is 2.87. The summed E-state index contributed by atoms with van der Waals surface area (Å²) in [6.45, 7) is 9.56. The minimum atomic E-state index is -0.236. The van der Waals surface area contributed by atoms with Crippen molar-refractivity contribution in [2.24, 2.45) is 5.92 Å². The molecule has 5 nitrogen and oxygen atoms in total. The molecule has 1 unspecified atom stereocenters. The van der Waals surface area contributed by atoms with Crippen LogP contribution < -0.4 is 10.1 Å². The standard InChI is InChI=1S/C21H28N2O3/c1-4-19(24)23-11-9-15(10-12-23)20(25)22-14-16-13-21(2,3)26-18-8-6-5-7-17(16)18/h4-8,15-16H,1,9-14H2,2-3H3,(H,22,25). The van der Waals surface area contributed by atoms with Crippen LogP contribution in [0.2, 0.25) is 0 Å². The first-order chi connectivity index (χ1) is 12.4. The van der Waals surface area contributed by atoms with Gasteiger partial charge in [0.2, 0.25) is 11.8 Å². The molecule has 0 bridgehead atoms. The van der Waals surface area contributed by atoms with E-state index in [4.69, 9.17) is 4.74 Å². The maximum Gasteiger partial charge on any atom is 0.245 e. The summed E-state index contributed by atoms with van der Waals surface area (Å²) >= 11 is 0. The molecule has 26 heavy (non-hydrogen) atoms. The van der Waals surface area contributed by atoms with Crippen LogP contribution in [-0.2, 0) is 9.59 Å². The third-order valence-corrected chi connectivity index (χ3v) is 5.36. The first kappa shape index (κ1) is 18.5. The predicted molar refractivity (Wildman–Crippen MR) is 101 cm³/mol. The number of nitrogens with zero attached hydrogens (tertiary/aromatic N) is 1. The molecule has 1 N–H and O–H groups in total. The van der Waals surface area contributed by atoms with Gasteiger partial charge in [-0.3, -0.25) is 9.59 Å². The number of benzene rings is 1. The number of carbonyl (C=O) groups excluding carboxylic acids is 2. The van der Waals surface area contributed by atoms with E-state index in [2.05, 4.69) is 31.8 Å². The van der Waals surface area contributed by atoms with E-state index in [9.17, 15) is 9.59 Å². The van der Waals surface area contributed by atoms with E-state index in [0.29, 0.717) is 32.5 Å². The number of rotatable bonds is 4. The summed E-state index contributed by atoms with van der Waals surface area (Å²) in [5.74, 6) is 1.19. The minimum absolute atomic E-state index is 0.0213. The van der Waals surface area contributed by atoms with Gasteiger partial charge in [0, 0.05) is 31.5 Å². The third kappa shape index (κ3) is 4.09. The van der Waals surface area contributed by atoms with Crippen molar-refractivity contribution in [2.45, 2.75) is 44.6 Å². The SMILES string of the molecule is C=CC(=O)N1CCC(C(=O)NCC2CC(C)(C)Oc3ccccc32)CC1. The highest BCUT2D eigenvalue weighted by Gasteiger charge is 2.34. The van der Waals surface area contributed by atoms with Gasteiger partial charge in [0.15, 0.2) is 0 Å². The van der Waals surface area contributed by atoms with Crippen molar-refractivity contribution < 1.29 is 14.3 Å². The number of hydrogen-bond donors (Lipinski definition) is 1. The van der Waals surface area contributed by atoms with Crippen LogP contribution in [0.1, 0.15) is 44.6 Å². The Morgan fingerprint density at radius 1 is 1.31 bits per heavy atom. The first-order valence-corrected chi connectivity index (χ1v) is 9.36. The summed E-state index contributed by atoms with van der Waals surface area (Å²) < 4.78 is 6.06. The van der Waals surface area contributed by atoms with Gasteiger partial charge in [-0.05, 0) is 50.8 Å². The molecule has 1 fully saturated rings. The summed E-state index contributed by atoms with van der Waals surface area (Å²) in [4.78, 5) is 26.0. The van der Waals surface area contributed by atoms with Gasteiger partial charge >= 0.3 is 0 Å². The number of piperidine rings is 1. The molecule has 2 amide bonds. The Labute approximate surface area is 155 Å². The first-order valence-electron chi connectivity index (χ1n) is 9.36. The van der Waals surface area contributed by atoms with E-state index >= 15 is 0 Å². The van der Waals surface area contributed by atoms with Crippen LogP contribution in [0.15, 0.2) is 36.9 Å². The van der Waals surface area contributed by atoms with E-state index in [1.165, 1.54) is 11.6 Å². The average molecular weight is 356 g/mol. The molecule has 1 aromatic rings. The molecule has 1 atom stereocenters. The summed E-state index contributed by atoms with van der Waals surface area (Å²) in [7, 11) is 0. The van der Waals surface area contributed by atoms with Gasteiger partial charge in [0.1, 0.15) is 11.4 Å². The van der Waals surface area contributed by atoms with Gasteiger partial charge in [0.25, 0.3) is 0 Å². The normalized spacial score (nSPS) is 22.1. The summed E-state index contributed by atoms with van der Waals surface area (Å²) in [6.07, 6.45) is 3.63. The van der Waals surface area contributed by atoms with Crippen LogP contribution in [0.3, 0.4) is 0 Å². The maximum absolute atomic E-state index is 12.6. The molecule has 2 aliphatic heterocycles. The summed E-state index contributed by atoms with van der Waals surface area (Å²) in [6, 6.07) is 8.08. The number of amides is 2. The van der Waals surface area contributed by atoms with Gasteiger partial charge in [-0.1, -0.05) is 24.8 Å². The van der Waals surface area contributed by atoms with Crippen molar-refractivity contribution >= 4 is 11.8 Å². The van der Waals surface area contributed by atoms with Gasteiger partial charge < -0.3 is 15.0 Å². The van der Waals surface area contributed by atoms with E-state index in [1.807, 2.05) is 18.2 Å². The Hall–Kier alpha value is -2.30. The lowest BCUT2D eigenvalue weighted by molar-refractivity contribution is -0.132. The van der Waals surface area contributed by atoms with Crippen LogP contribution in [0.4, 0.5) is 0 Å². The zero-order chi connectivity index (χ0) is 18.7. The quantitative estimate of drug-likeness (QED) is 0.844. The lowest BCUT2D eigenvalue weighted by Crippen LogP contribution is -2.44. The molecule has 5 heteroatoms. The Morgan fingerprint density at radius 3 is 2.69 bits per heavy atom. The maximum atomic E-state index is 12.6. The van der Waals surface area contributed by atoms with Crippen LogP contribution in [0.5, 0.6) is 5.75 Å². The second kappa shape index (κ2) is 7.52. The molecule has 0 spiro atoms. The smallest absolute Gasteiger partial charge is 0.245 e. The molecule has 0 saturated carbocycles. The molecule has 0 aromatic heterocycles. The third-order valence-electron chi connectivity index (χ3n) is 5.36. The number of ether oxygens (including phenoxy) is 1. The molecule has 140 valence electrons. The second-order valence-corrected chi connectivity index (χ2v) is 7.85. The van der Waals surface area contributed by atoms with E-state index in [1.54, 1.807) is 4.90 Å². The Kier molecular flexibility index (Phi) is 5.35. The second-order valence-electron chi connectivity index (χ2n) is 7.85. The molecule has 1 saturated heterocycles. The summed E-state index contributed by atoms with van der Waals surface area (Å²) in [5, 5.41) is 3.14. The Bertz CT molecular complexity index is 690. The Balaban J connectivity index is 1.57. The average Bonchev–Trinajstić information content (AvgIpc) is 2.64. The monoisotopic (exact) mass is 356 g/mol. The lowest BCUT2D eigenvalue weighted by Gasteiger charge is -2.38. The van der Waals surface area contributed by atoms with Crippen molar-refractivity contribution in [1.29, 1.82) is 0 Å². The van der Waals surface area contributed by atoms with Crippen molar-refractivity contribution in [3.63, 3.8) is 0 Å². The van der Waals surface area contributed by atoms with Crippen molar-refractivity contribution in [3.8, 4) is 5.75 Å². The molecule has 2 heterocycles. The molecule has 1 aromatic carbocycles. The van der Waals surface area contributed by atoms with Gasteiger partial charge in [-0.2, -0.15) is 0 Å². The van der Waals surface area contributed by atoms with Crippen LogP contribution in [0.25, 0.3) is 0 Å². The van der Waals surface area contributed by atoms with Gasteiger partial charge in [-0.15, -0.1) is 0 Å². The van der Waals surface area contributed by atoms with E-state index in [-0.39, 0.29) is 29.3 Å². The molecule has 0 aliphatic carbocycles. The fraction of sp³-hybridized carbons (Fsp3) is 0.524. The lowest BCUT2D eigenvalue weighted by atomic mass is 9.84. The highest BCUT2D eigenvalue weighted by atomic mass is 16.5. The molecule has 2 aliphatic rings. The van der Waals surface area contributed by atoms with Crippen molar-refractivity contribution in [1.82, 2.24) is 10.2 Å². The zero-order valence-corrected chi connectivity index (χ0v) is 15.7. The zero-order valence-electron chi connectivity index (χ0n) is 15.7.